The average Bonchev–Trinajstić information content (AvgIpc) is 3.17. The van der Waals surface area contributed by atoms with Gasteiger partial charge >= 0.3 is 0 Å². The van der Waals surface area contributed by atoms with Crippen LogP contribution in [-0.2, 0) is 4.74 Å². The van der Waals surface area contributed by atoms with Crippen molar-refractivity contribution in [1.82, 2.24) is 10.2 Å². The van der Waals surface area contributed by atoms with E-state index in [4.69, 9.17) is 4.74 Å². The van der Waals surface area contributed by atoms with Crippen LogP contribution >= 0.6 is 0 Å². The molecule has 1 aliphatic heterocycles. The molecule has 1 unspecified atom stereocenters. The summed E-state index contributed by atoms with van der Waals surface area (Å²) < 4.78 is 5.57. The zero-order chi connectivity index (χ0) is 12.8. The van der Waals surface area contributed by atoms with Gasteiger partial charge in [-0.05, 0) is 58.0 Å². The van der Waals surface area contributed by atoms with Crippen LogP contribution in [-0.4, -0.2) is 49.8 Å². The molecule has 18 heavy (non-hydrogen) atoms. The van der Waals surface area contributed by atoms with Gasteiger partial charge in [0.2, 0.25) is 0 Å². The fourth-order valence-electron chi connectivity index (χ4n) is 3.10. The third kappa shape index (κ3) is 4.22. The van der Waals surface area contributed by atoms with E-state index in [0.717, 1.165) is 25.6 Å². The summed E-state index contributed by atoms with van der Waals surface area (Å²) in [6.07, 6.45) is 6.46. The Bertz CT molecular complexity index is 243. The lowest BCUT2D eigenvalue weighted by Gasteiger charge is -2.34. The van der Waals surface area contributed by atoms with E-state index < -0.39 is 0 Å². The van der Waals surface area contributed by atoms with Gasteiger partial charge in [-0.15, -0.1) is 0 Å². The molecule has 0 amide bonds. The Morgan fingerprint density at radius 2 is 2.17 bits per heavy atom. The Morgan fingerprint density at radius 3 is 2.89 bits per heavy atom. The van der Waals surface area contributed by atoms with Gasteiger partial charge < -0.3 is 15.0 Å². The third-order valence-electron chi connectivity index (χ3n) is 4.32. The molecule has 106 valence electrons. The van der Waals surface area contributed by atoms with Crippen LogP contribution in [0.1, 0.15) is 46.0 Å². The Balaban J connectivity index is 1.70. The van der Waals surface area contributed by atoms with Crippen molar-refractivity contribution >= 4 is 0 Å². The molecule has 3 heteroatoms. The van der Waals surface area contributed by atoms with Crippen molar-refractivity contribution in [2.24, 2.45) is 5.92 Å². The first kappa shape index (κ1) is 14.3. The van der Waals surface area contributed by atoms with Gasteiger partial charge in [-0.1, -0.05) is 6.92 Å². The van der Waals surface area contributed by atoms with E-state index in [2.05, 4.69) is 24.1 Å². The molecule has 0 spiro atoms. The molecule has 1 saturated carbocycles. The van der Waals surface area contributed by atoms with Crippen molar-refractivity contribution in [3.63, 3.8) is 0 Å². The predicted molar refractivity (Wildman–Crippen MR) is 75.9 cm³/mol. The minimum Gasteiger partial charge on any atom is -0.381 e. The van der Waals surface area contributed by atoms with Crippen molar-refractivity contribution in [3.05, 3.63) is 0 Å². The van der Waals surface area contributed by atoms with Crippen LogP contribution in [0, 0.1) is 5.92 Å². The molecule has 1 N–H and O–H groups in total. The van der Waals surface area contributed by atoms with Gasteiger partial charge in [0, 0.05) is 31.8 Å². The van der Waals surface area contributed by atoms with Gasteiger partial charge in [0.25, 0.3) is 0 Å². The second kappa shape index (κ2) is 6.88. The lowest BCUT2D eigenvalue weighted by atomic mass is 9.95. The van der Waals surface area contributed by atoms with Crippen molar-refractivity contribution in [3.8, 4) is 0 Å². The zero-order valence-corrected chi connectivity index (χ0v) is 12.2. The number of hydrogen-bond donors (Lipinski definition) is 1. The van der Waals surface area contributed by atoms with E-state index in [-0.39, 0.29) is 0 Å². The van der Waals surface area contributed by atoms with Gasteiger partial charge in [-0.3, -0.25) is 0 Å². The van der Waals surface area contributed by atoms with E-state index in [9.17, 15) is 0 Å². The second-order valence-corrected chi connectivity index (χ2v) is 6.21. The minimum absolute atomic E-state index is 0.376. The molecule has 0 radical (unpaired) electrons. The number of nitrogens with zero attached hydrogens (tertiary/aromatic N) is 1. The Labute approximate surface area is 112 Å². The number of nitrogens with one attached hydrogen (secondary N) is 1. The summed E-state index contributed by atoms with van der Waals surface area (Å²) in [5.74, 6) is 0.925. The molecule has 1 aliphatic carbocycles. The van der Waals surface area contributed by atoms with E-state index >= 15 is 0 Å². The zero-order valence-electron chi connectivity index (χ0n) is 12.2. The summed E-state index contributed by atoms with van der Waals surface area (Å²) in [5, 5.41) is 3.79. The van der Waals surface area contributed by atoms with Gasteiger partial charge in [-0.25, -0.2) is 0 Å². The Hall–Kier alpha value is -0.120. The Morgan fingerprint density at radius 1 is 1.33 bits per heavy atom. The smallest absolute Gasteiger partial charge is 0.0478 e. The summed E-state index contributed by atoms with van der Waals surface area (Å²) >= 11 is 0. The fraction of sp³-hybridized carbons (Fsp3) is 1.00. The summed E-state index contributed by atoms with van der Waals surface area (Å²) in [7, 11) is 0. The lowest BCUT2D eigenvalue weighted by Crippen LogP contribution is -2.51. The van der Waals surface area contributed by atoms with E-state index in [1.54, 1.807) is 0 Å². The second-order valence-electron chi connectivity index (χ2n) is 6.21. The minimum atomic E-state index is 0.376. The van der Waals surface area contributed by atoms with Crippen LogP contribution in [0.25, 0.3) is 0 Å². The first-order chi connectivity index (χ1) is 8.74. The largest absolute Gasteiger partial charge is 0.381 e. The molecule has 0 aromatic rings. The monoisotopic (exact) mass is 254 g/mol. The SMILES string of the molecule is CCCOCCCN1CCCNC(C)(C2CC2)C1. The molecule has 2 rings (SSSR count). The molecule has 1 heterocycles. The van der Waals surface area contributed by atoms with E-state index in [1.165, 1.54) is 51.9 Å². The van der Waals surface area contributed by atoms with Crippen LogP contribution in [0.15, 0.2) is 0 Å². The van der Waals surface area contributed by atoms with Crippen LogP contribution < -0.4 is 5.32 Å². The fourth-order valence-corrected chi connectivity index (χ4v) is 3.10. The normalized spacial score (nSPS) is 30.3. The quantitative estimate of drug-likeness (QED) is 0.705. The Kier molecular flexibility index (Phi) is 5.46. The third-order valence-corrected chi connectivity index (χ3v) is 4.32. The number of hydrogen-bond acceptors (Lipinski definition) is 3. The highest BCUT2D eigenvalue weighted by Gasteiger charge is 2.42. The summed E-state index contributed by atoms with van der Waals surface area (Å²) in [4.78, 5) is 2.65. The standard InChI is InChI=1S/C15H30N2O/c1-3-11-18-12-5-10-17-9-4-8-16-15(2,13-17)14-6-7-14/h14,16H,3-13H2,1-2H3. The topological polar surface area (TPSA) is 24.5 Å². The highest BCUT2D eigenvalue weighted by Crippen LogP contribution is 2.40. The maximum atomic E-state index is 5.57. The summed E-state index contributed by atoms with van der Waals surface area (Å²) in [6.45, 7) is 11.3. The predicted octanol–water partition coefficient (Wildman–Crippen LogP) is 2.27. The molecule has 2 fully saturated rings. The van der Waals surface area contributed by atoms with Crippen molar-refractivity contribution in [2.45, 2.75) is 51.5 Å². The van der Waals surface area contributed by atoms with Gasteiger partial charge in [0.1, 0.15) is 0 Å². The molecule has 0 aromatic heterocycles. The highest BCUT2D eigenvalue weighted by atomic mass is 16.5. The van der Waals surface area contributed by atoms with Gasteiger partial charge in [0.15, 0.2) is 0 Å². The first-order valence-electron chi connectivity index (χ1n) is 7.80. The van der Waals surface area contributed by atoms with Crippen LogP contribution in [0.2, 0.25) is 0 Å². The van der Waals surface area contributed by atoms with Gasteiger partial charge in [0.05, 0.1) is 0 Å². The molecule has 3 nitrogen and oxygen atoms in total. The number of rotatable bonds is 7. The first-order valence-corrected chi connectivity index (χ1v) is 7.80. The maximum absolute atomic E-state index is 5.57. The van der Waals surface area contributed by atoms with Crippen LogP contribution in [0.5, 0.6) is 0 Å². The van der Waals surface area contributed by atoms with Crippen molar-refractivity contribution < 1.29 is 4.74 Å². The molecular weight excluding hydrogens is 224 g/mol. The average molecular weight is 254 g/mol. The summed E-state index contributed by atoms with van der Waals surface area (Å²) in [6, 6.07) is 0. The maximum Gasteiger partial charge on any atom is 0.0478 e. The molecule has 0 aromatic carbocycles. The summed E-state index contributed by atoms with van der Waals surface area (Å²) in [5.41, 5.74) is 0.376. The van der Waals surface area contributed by atoms with E-state index in [1.807, 2.05) is 0 Å². The van der Waals surface area contributed by atoms with Crippen LogP contribution in [0.4, 0.5) is 0 Å². The highest BCUT2D eigenvalue weighted by molar-refractivity contribution is 5.00. The van der Waals surface area contributed by atoms with Crippen LogP contribution in [0.3, 0.4) is 0 Å². The lowest BCUT2D eigenvalue weighted by molar-refractivity contribution is 0.116. The molecule has 0 bridgehead atoms. The van der Waals surface area contributed by atoms with Crippen molar-refractivity contribution in [1.29, 1.82) is 0 Å². The van der Waals surface area contributed by atoms with Gasteiger partial charge in [-0.2, -0.15) is 0 Å². The van der Waals surface area contributed by atoms with Crippen molar-refractivity contribution in [2.75, 3.05) is 39.4 Å². The molecule has 1 atom stereocenters. The molecule has 1 saturated heterocycles. The molecular formula is C15H30N2O. The number of ether oxygens (including phenoxy) is 1. The molecule has 2 aliphatic rings. The van der Waals surface area contributed by atoms with E-state index in [0.29, 0.717) is 5.54 Å².